The normalized spacial score (nSPS) is 12.0. The van der Waals surface area contributed by atoms with Gasteiger partial charge in [0.15, 0.2) is 11.5 Å². The van der Waals surface area contributed by atoms with Crippen LogP contribution < -0.4 is 14.8 Å². The average molecular weight is 340 g/mol. The summed E-state index contributed by atoms with van der Waals surface area (Å²) >= 11 is 0. The van der Waals surface area contributed by atoms with Crippen molar-refractivity contribution in [3.8, 4) is 11.5 Å². The molecule has 5 heteroatoms. The lowest BCUT2D eigenvalue weighted by atomic mass is 10.1. The first-order valence-electron chi connectivity index (χ1n) is 8.34. The van der Waals surface area contributed by atoms with Crippen LogP contribution in [0.3, 0.4) is 0 Å². The van der Waals surface area contributed by atoms with E-state index in [0.29, 0.717) is 18.1 Å². The quantitative estimate of drug-likeness (QED) is 0.743. The number of carbonyl (C=O) groups is 1. The maximum atomic E-state index is 12.1. The minimum Gasteiger partial charge on any atom is -0.493 e. The minimum absolute atomic E-state index is 0.155. The van der Waals surface area contributed by atoms with Crippen molar-refractivity contribution in [2.75, 3.05) is 13.7 Å². The van der Waals surface area contributed by atoms with Crippen LogP contribution in [0, 0.1) is 0 Å². The standard InChI is InChI=1S/C20H24N2O3/c1-4-13-25-18-10-8-16(14-19(18)24-3)9-11-20(23)22-15(2)17-7-5-6-12-21-17/h5-12,14-15H,4,13H2,1-3H3,(H,22,23)/b11-9+. The zero-order chi connectivity index (χ0) is 18.1. The SMILES string of the molecule is CCCOc1ccc(/C=C/C(=O)NC(C)c2ccccn2)cc1OC. The summed E-state index contributed by atoms with van der Waals surface area (Å²) in [5.41, 5.74) is 1.68. The molecular formula is C20H24N2O3. The van der Waals surface area contributed by atoms with E-state index in [-0.39, 0.29) is 11.9 Å². The van der Waals surface area contributed by atoms with Crippen molar-refractivity contribution in [2.24, 2.45) is 0 Å². The van der Waals surface area contributed by atoms with Crippen LogP contribution in [-0.4, -0.2) is 24.6 Å². The maximum Gasteiger partial charge on any atom is 0.244 e. The molecule has 2 rings (SSSR count). The summed E-state index contributed by atoms with van der Waals surface area (Å²) in [5, 5.41) is 2.89. The summed E-state index contributed by atoms with van der Waals surface area (Å²) in [6.07, 6.45) is 5.88. The third kappa shape index (κ3) is 5.64. The number of carbonyl (C=O) groups excluding carboxylic acids is 1. The lowest BCUT2D eigenvalue weighted by Crippen LogP contribution is -2.25. The van der Waals surface area contributed by atoms with Crippen molar-refractivity contribution in [2.45, 2.75) is 26.3 Å². The zero-order valence-electron chi connectivity index (χ0n) is 14.9. The van der Waals surface area contributed by atoms with E-state index in [1.54, 1.807) is 19.4 Å². The molecule has 2 aromatic rings. The van der Waals surface area contributed by atoms with Crippen molar-refractivity contribution in [1.82, 2.24) is 10.3 Å². The number of pyridine rings is 1. The zero-order valence-corrected chi connectivity index (χ0v) is 14.9. The van der Waals surface area contributed by atoms with Crippen molar-refractivity contribution < 1.29 is 14.3 Å². The van der Waals surface area contributed by atoms with E-state index in [1.165, 1.54) is 6.08 Å². The molecule has 1 aromatic heterocycles. The van der Waals surface area contributed by atoms with Gasteiger partial charge in [-0.3, -0.25) is 9.78 Å². The van der Waals surface area contributed by atoms with E-state index in [1.807, 2.05) is 50.2 Å². The van der Waals surface area contributed by atoms with Gasteiger partial charge in [0.05, 0.1) is 25.5 Å². The number of hydrogen-bond acceptors (Lipinski definition) is 4. The molecule has 1 amide bonds. The van der Waals surface area contributed by atoms with Crippen LogP contribution in [0.1, 0.15) is 37.6 Å². The Morgan fingerprint density at radius 2 is 2.12 bits per heavy atom. The van der Waals surface area contributed by atoms with Gasteiger partial charge in [0.1, 0.15) is 0 Å². The van der Waals surface area contributed by atoms with Gasteiger partial charge in [0, 0.05) is 12.3 Å². The summed E-state index contributed by atoms with van der Waals surface area (Å²) in [5.74, 6) is 1.18. The molecule has 1 unspecified atom stereocenters. The lowest BCUT2D eigenvalue weighted by molar-refractivity contribution is -0.117. The highest BCUT2D eigenvalue weighted by Gasteiger charge is 2.08. The van der Waals surface area contributed by atoms with Gasteiger partial charge in [-0.2, -0.15) is 0 Å². The molecule has 1 atom stereocenters. The molecule has 1 N–H and O–H groups in total. The maximum absolute atomic E-state index is 12.1. The Bertz CT molecular complexity index is 714. The monoisotopic (exact) mass is 340 g/mol. The predicted molar refractivity (Wildman–Crippen MR) is 98.6 cm³/mol. The Balaban J connectivity index is 1.99. The Morgan fingerprint density at radius 3 is 2.80 bits per heavy atom. The van der Waals surface area contributed by atoms with Crippen molar-refractivity contribution in [3.05, 3.63) is 59.9 Å². The van der Waals surface area contributed by atoms with E-state index >= 15 is 0 Å². The van der Waals surface area contributed by atoms with Gasteiger partial charge in [-0.05, 0) is 49.2 Å². The Labute approximate surface area is 148 Å². The fraction of sp³-hybridized carbons (Fsp3) is 0.300. The van der Waals surface area contributed by atoms with Crippen molar-refractivity contribution >= 4 is 12.0 Å². The van der Waals surface area contributed by atoms with Gasteiger partial charge in [-0.15, -0.1) is 0 Å². The molecule has 0 radical (unpaired) electrons. The highest BCUT2D eigenvalue weighted by molar-refractivity contribution is 5.92. The number of hydrogen-bond donors (Lipinski definition) is 1. The highest BCUT2D eigenvalue weighted by atomic mass is 16.5. The topological polar surface area (TPSA) is 60.5 Å². The molecule has 0 saturated heterocycles. The number of rotatable bonds is 8. The molecule has 0 fully saturated rings. The molecule has 0 aliphatic rings. The van der Waals surface area contributed by atoms with Crippen LogP contribution in [0.5, 0.6) is 11.5 Å². The van der Waals surface area contributed by atoms with Gasteiger partial charge >= 0.3 is 0 Å². The van der Waals surface area contributed by atoms with E-state index in [9.17, 15) is 4.79 Å². The number of ether oxygens (including phenoxy) is 2. The van der Waals surface area contributed by atoms with Gasteiger partial charge < -0.3 is 14.8 Å². The average Bonchev–Trinajstić information content (AvgIpc) is 2.65. The molecule has 0 bridgehead atoms. The second kappa shape index (κ2) is 9.47. The fourth-order valence-electron chi connectivity index (χ4n) is 2.26. The first-order valence-corrected chi connectivity index (χ1v) is 8.34. The minimum atomic E-state index is -0.177. The lowest BCUT2D eigenvalue weighted by Gasteiger charge is -2.12. The fourth-order valence-corrected chi connectivity index (χ4v) is 2.26. The van der Waals surface area contributed by atoms with Crippen LogP contribution in [0.2, 0.25) is 0 Å². The van der Waals surface area contributed by atoms with Crippen LogP contribution in [0.25, 0.3) is 6.08 Å². The van der Waals surface area contributed by atoms with Gasteiger partial charge in [-0.1, -0.05) is 19.1 Å². The Morgan fingerprint density at radius 1 is 1.28 bits per heavy atom. The number of aromatic nitrogens is 1. The second-order valence-electron chi connectivity index (χ2n) is 5.58. The summed E-state index contributed by atoms with van der Waals surface area (Å²) in [6, 6.07) is 11.1. The van der Waals surface area contributed by atoms with Crippen molar-refractivity contribution in [1.29, 1.82) is 0 Å². The largest absolute Gasteiger partial charge is 0.493 e. The molecule has 0 aliphatic heterocycles. The van der Waals surface area contributed by atoms with Gasteiger partial charge in [-0.25, -0.2) is 0 Å². The van der Waals surface area contributed by atoms with E-state index < -0.39 is 0 Å². The number of nitrogens with one attached hydrogen (secondary N) is 1. The summed E-state index contributed by atoms with van der Waals surface area (Å²) in [4.78, 5) is 16.3. The van der Waals surface area contributed by atoms with Gasteiger partial charge in [0.2, 0.25) is 5.91 Å². The van der Waals surface area contributed by atoms with Crippen LogP contribution in [0.15, 0.2) is 48.7 Å². The van der Waals surface area contributed by atoms with Gasteiger partial charge in [0.25, 0.3) is 0 Å². The number of benzene rings is 1. The third-order valence-electron chi connectivity index (χ3n) is 3.57. The summed E-state index contributed by atoms with van der Waals surface area (Å²) < 4.78 is 11.0. The summed E-state index contributed by atoms with van der Waals surface area (Å²) in [7, 11) is 1.60. The number of amides is 1. The highest BCUT2D eigenvalue weighted by Crippen LogP contribution is 2.28. The van der Waals surface area contributed by atoms with Crippen LogP contribution in [0.4, 0.5) is 0 Å². The first-order chi connectivity index (χ1) is 12.1. The molecule has 0 aliphatic carbocycles. The second-order valence-corrected chi connectivity index (χ2v) is 5.58. The summed E-state index contributed by atoms with van der Waals surface area (Å²) in [6.45, 7) is 4.59. The molecule has 1 aromatic carbocycles. The number of nitrogens with zero attached hydrogens (tertiary/aromatic N) is 1. The predicted octanol–water partition coefficient (Wildman–Crippen LogP) is 3.77. The molecule has 25 heavy (non-hydrogen) atoms. The molecular weight excluding hydrogens is 316 g/mol. The third-order valence-corrected chi connectivity index (χ3v) is 3.57. The molecule has 5 nitrogen and oxygen atoms in total. The smallest absolute Gasteiger partial charge is 0.244 e. The molecule has 0 saturated carbocycles. The van der Waals surface area contributed by atoms with Crippen LogP contribution in [-0.2, 0) is 4.79 Å². The Kier molecular flexibility index (Phi) is 7.01. The van der Waals surface area contributed by atoms with E-state index in [2.05, 4.69) is 10.3 Å². The van der Waals surface area contributed by atoms with E-state index in [4.69, 9.17) is 9.47 Å². The number of methoxy groups -OCH3 is 1. The van der Waals surface area contributed by atoms with Crippen molar-refractivity contribution in [3.63, 3.8) is 0 Å². The van der Waals surface area contributed by atoms with E-state index in [0.717, 1.165) is 17.7 Å². The molecule has 0 spiro atoms. The molecule has 132 valence electrons. The molecule has 1 heterocycles. The Hall–Kier alpha value is -2.82. The first kappa shape index (κ1) is 18.5. The van der Waals surface area contributed by atoms with Crippen LogP contribution >= 0.6 is 0 Å².